The highest BCUT2D eigenvalue weighted by Gasteiger charge is 2.17. The topological polar surface area (TPSA) is 56.0 Å². The molecule has 0 radical (unpaired) electrons. The molecule has 3 nitrogen and oxygen atoms in total. The smallest absolute Gasteiger partial charge is 0.143 e. The maximum absolute atomic E-state index is 11.7. The van der Waals surface area contributed by atoms with Gasteiger partial charge < -0.3 is 5.73 Å². The Hall–Kier alpha value is -0.740. The molecule has 4 heteroatoms. The maximum Gasteiger partial charge on any atom is 0.143 e. The van der Waals surface area contributed by atoms with Crippen LogP contribution >= 0.6 is 15.9 Å². The lowest BCUT2D eigenvalue weighted by atomic mass is 9.96. The Morgan fingerprint density at radius 2 is 2.20 bits per heavy atom. The second-order valence-electron chi connectivity index (χ2n) is 3.76. The number of hydrogen-bond acceptors (Lipinski definition) is 3. The third kappa shape index (κ3) is 3.72. The van der Waals surface area contributed by atoms with Crippen molar-refractivity contribution < 1.29 is 4.79 Å². The number of halogens is 1. The lowest BCUT2D eigenvalue weighted by Gasteiger charge is -2.13. The largest absolute Gasteiger partial charge is 0.327 e. The van der Waals surface area contributed by atoms with E-state index in [1.807, 2.05) is 26.0 Å². The van der Waals surface area contributed by atoms with Gasteiger partial charge in [-0.2, -0.15) is 0 Å². The molecule has 0 aromatic carbocycles. The van der Waals surface area contributed by atoms with Crippen LogP contribution in [0.25, 0.3) is 0 Å². The second kappa shape index (κ2) is 5.37. The van der Waals surface area contributed by atoms with Crippen LogP contribution in [0.4, 0.5) is 0 Å². The summed E-state index contributed by atoms with van der Waals surface area (Å²) in [5.41, 5.74) is 6.45. The highest BCUT2D eigenvalue weighted by molar-refractivity contribution is 9.10. The van der Waals surface area contributed by atoms with Crippen molar-refractivity contribution in [3.05, 3.63) is 28.5 Å². The molecular formula is C11H15BrN2O. The van der Waals surface area contributed by atoms with E-state index in [2.05, 4.69) is 20.9 Å². The summed E-state index contributed by atoms with van der Waals surface area (Å²) in [6.07, 6.45) is 2.05. The van der Waals surface area contributed by atoms with Gasteiger partial charge in [0.1, 0.15) is 5.78 Å². The molecule has 1 heterocycles. The first-order valence-electron chi connectivity index (χ1n) is 4.89. The summed E-state index contributed by atoms with van der Waals surface area (Å²) in [5, 5.41) is 0. The van der Waals surface area contributed by atoms with Gasteiger partial charge in [-0.25, -0.2) is 0 Å². The number of pyridine rings is 1. The molecular weight excluding hydrogens is 256 g/mol. The molecule has 0 aliphatic heterocycles. The van der Waals surface area contributed by atoms with Crippen LogP contribution in [0, 0.1) is 5.92 Å². The first kappa shape index (κ1) is 12.3. The van der Waals surface area contributed by atoms with E-state index in [-0.39, 0.29) is 17.7 Å². The van der Waals surface area contributed by atoms with Crippen LogP contribution < -0.4 is 5.73 Å². The second-order valence-corrected chi connectivity index (χ2v) is 4.67. The third-order valence-electron chi connectivity index (χ3n) is 2.44. The van der Waals surface area contributed by atoms with E-state index in [1.54, 1.807) is 6.20 Å². The third-order valence-corrected chi connectivity index (χ3v) is 2.91. The molecule has 82 valence electrons. The molecule has 2 N–H and O–H groups in total. The molecule has 0 fully saturated rings. The predicted octanol–water partition coefficient (Wildman–Crippen LogP) is 1.94. The van der Waals surface area contributed by atoms with Gasteiger partial charge in [0, 0.05) is 34.7 Å². The Morgan fingerprint density at radius 1 is 1.53 bits per heavy atom. The summed E-state index contributed by atoms with van der Waals surface area (Å²) in [5.74, 6) is 0.0234. The van der Waals surface area contributed by atoms with Crippen LogP contribution in [0.3, 0.4) is 0 Å². The van der Waals surface area contributed by atoms with Crippen LogP contribution in [-0.2, 0) is 11.2 Å². The molecule has 15 heavy (non-hydrogen) atoms. The van der Waals surface area contributed by atoms with Crippen LogP contribution in [0.5, 0.6) is 0 Å². The Kier molecular flexibility index (Phi) is 4.42. The molecule has 1 aromatic heterocycles. The van der Waals surface area contributed by atoms with Gasteiger partial charge in [0.15, 0.2) is 0 Å². The van der Waals surface area contributed by atoms with E-state index in [9.17, 15) is 4.79 Å². The number of carbonyl (C=O) groups excluding carboxylic acids is 1. The minimum absolute atomic E-state index is 0.104. The van der Waals surface area contributed by atoms with E-state index in [1.165, 1.54) is 0 Å². The summed E-state index contributed by atoms with van der Waals surface area (Å²) in [6.45, 7) is 3.70. The molecule has 0 amide bonds. The number of nitrogens with two attached hydrogens (primary N) is 1. The summed E-state index contributed by atoms with van der Waals surface area (Å²) in [7, 11) is 0. The monoisotopic (exact) mass is 270 g/mol. The Bertz CT molecular complexity index is 335. The molecule has 0 saturated heterocycles. The van der Waals surface area contributed by atoms with Crippen molar-refractivity contribution in [3.8, 4) is 0 Å². The quantitative estimate of drug-likeness (QED) is 0.910. The predicted molar refractivity (Wildman–Crippen MR) is 63.5 cm³/mol. The van der Waals surface area contributed by atoms with Gasteiger partial charge in [-0.3, -0.25) is 9.78 Å². The van der Waals surface area contributed by atoms with Gasteiger partial charge >= 0.3 is 0 Å². The molecule has 1 aromatic rings. The SMILES string of the molecule is CC(N)C(C)C(=O)Cc1ccc(Br)cn1. The number of nitrogens with zero attached hydrogens (tertiary/aromatic N) is 1. The zero-order valence-electron chi connectivity index (χ0n) is 8.90. The number of rotatable bonds is 4. The number of aromatic nitrogens is 1. The molecule has 0 spiro atoms. The van der Waals surface area contributed by atoms with Crippen molar-refractivity contribution in [3.63, 3.8) is 0 Å². The highest BCUT2D eigenvalue weighted by atomic mass is 79.9. The van der Waals surface area contributed by atoms with Crippen molar-refractivity contribution in [2.24, 2.45) is 11.7 Å². The number of carbonyl (C=O) groups is 1. The van der Waals surface area contributed by atoms with Gasteiger partial charge in [0.25, 0.3) is 0 Å². The normalized spacial score (nSPS) is 14.7. The maximum atomic E-state index is 11.7. The zero-order chi connectivity index (χ0) is 11.4. The summed E-state index contributed by atoms with van der Waals surface area (Å²) >= 11 is 3.30. The average Bonchev–Trinajstić information content (AvgIpc) is 2.20. The lowest BCUT2D eigenvalue weighted by molar-refractivity contribution is -0.122. The van der Waals surface area contributed by atoms with E-state index < -0.39 is 0 Å². The van der Waals surface area contributed by atoms with Gasteiger partial charge in [0.2, 0.25) is 0 Å². The summed E-state index contributed by atoms with van der Waals surface area (Å²) in [4.78, 5) is 15.9. The molecule has 0 aliphatic rings. The van der Waals surface area contributed by atoms with Crippen molar-refractivity contribution in [2.75, 3.05) is 0 Å². The lowest BCUT2D eigenvalue weighted by Crippen LogP contribution is -2.31. The average molecular weight is 271 g/mol. The van der Waals surface area contributed by atoms with Gasteiger partial charge in [0.05, 0.1) is 0 Å². The standard InChI is InChI=1S/C11H15BrN2O/c1-7(8(2)13)11(15)5-10-4-3-9(12)6-14-10/h3-4,6-8H,5,13H2,1-2H3. The summed E-state index contributed by atoms with van der Waals surface area (Å²) < 4.78 is 0.916. The van der Waals surface area contributed by atoms with E-state index >= 15 is 0 Å². The highest BCUT2D eigenvalue weighted by Crippen LogP contribution is 2.10. The van der Waals surface area contributed by atoms with Gasteiger partial charge in [-0.05, 0) is 35.0 Å². The fourth-order valence-corrected chi connectivity index (χ4v) is 1.38. The van der Waals surface area contributed by atoms with Crippen molar-refractivity contribution in [1.82, 2.24) is 4.98 Å². The molecule has 2 unspecified atom stereocenters. The fourth-order valence-electron chi connectivity index (χ4n) is 1.14. The van der Waals surface area contributed by atoms with Crippen LogP contribution in [-0.4, -0.2) is 16.8 Å². The minimum Gasteiger partial charge on any atom is -0.327 e. The Balaban J connectivity index is 2.62. The molecule has 0 bridgehead atoms. The number of hydrogen-bond donors (Lipinski definition) is 1. The first-order valence-corrected chi connectivity index (χ1v) is 5.68. The molecule has 1 rings (SSSR count). The Labute approximate surface area is 98.2 Å². The van der Waals surface area contributed by atoms with Crippen molar-refractivity contribution >= 4 is 21.7 Å². The van der Waals surface area contributed by atoms with Crippen molar-refractivity contribution in [1.29, 1.82) is 0 Å². The van der Waals surface area contributed by atoms with Gasteiger partial charge in [-0.15, -0.1) is 0 Å². The van der Waals surface area contributed by atoms with Crippen LogP contribution in [0.2, 0.25) is 0 Å². The van der Waals surface area contributed by atoms with Crippen LogP contribution in [0.1, 0.15) is 19.5 Å². The molecule has 0 aliphatic carbocycles. The summed E-state index contributed by atoms with van der Waals surface area (Å²) in [6, 6.07) is 3.62. The number of Topliss-reactive ketones (excluding diaryl/α,β-unsaturated/α-hetero) is 1. The molecule has 2 atom stereocenters. The van der Waals surface area contributed by atoms with Gasteiger partial charge in [-0.1, -0.05) is 6.92 Å². The molecule has 0 saturated carbocycles. The van der Waals surface area contributed by atoms with Crippen LogP contribution in [0.15, 0.2) is 22.8 Å². The fraction of sp³-hybridized carbons (Fsp3) is 0.455. The Morgan fingerprint density at radius 3 is 2.67 bits per heavy atom. The van der Waals surface area contributed by atoms with Crippen molar-refractivity contribution in [2.45, 2.75) is 26.3 Å². The number of ketones is 1. The van der Waals surface area contributed by atoms with E-state index in [4.69, 9.17) is 5.73 Å². The first-order chi connectivity index (χ1) is 7.00. The minimum atomic E-state index is -0.115. The van der Waals surface area contributed by atoms with E-state index in [0.29, 0.717) is 6.42 Å². The zero-order valence-corrected chi connectivity index (χ0v) is 10.5. The van der Waals surface area contributed by atoms with E-state index in [0.717, 1.165) is 10.2 Å².